The van der Waals surface area contributed by atoms with Crippen LogP contribution in [0.5, 0.6) is 5.75 Å². The van der Waals surface area contributed by atoms with Crippen LogP contribution >= 0.6 is 15.9 Å². The molecule has 0 atom stereocenters. The fourth-order valence-corrected chi connectivity index (χ4v) is 2.47. The number of benzene rings is 2. The number of aromatic nitrogens is 2. The molecule has 0 aliphatic heterocycles. The van der Waals surface area contributed by atoms with Gasteiger partial charge in [0.25, 0.3) is 0 Å². The molecule has 19 heavy (non-hydrogen) atoms. The highest BCUT2D eigenvalue weighted by Crippen LogP contribution is 2.27. The van der Waals surface area contributed by atoms with Gasteiger partial charge in [-0.05, 0) is 24.3 Å². The Bertz CT molecular complexity index is 754. The van der Waals surface area contributed by atoms with E-state index < -0.39 is 5.82 Å². The zero-order valence-electron chi connectivity index (χ0n) is 10.1. The lowest BCUT2D eigenvalue weighted by molar-refractivity contribution is 0.386. The van der Waals surface area contributed by atoms with E-state index >= 15 is 0 Å². The lowest BCUT2D eigenvalue weighted by Gasteiger charge is -2.06. The number of hydrogen-bond acceptors (Lipinski definition) is 2. The van der Waals surface area contributed by atoms with Crippen molar-refractivity contribution in [2.24, 2.45) is 0 Å². The van der Waals surface area contributed by atoms with Crippen molar-refractivity contribution in [1.29, 1.82) is 0 Å². The molecule has 0 bridgehead atoms. The highest BCUT2D eigenvalue weighted by atomic mass is 79.9. The Labute approximate surface area is 117 Å². The zero-order chi connectivity index (χ0) is 13.4. The average Bonchev–Trinajstić information content (AvgIpc) is 2.84. The van der Waals surface area contributed by atoms with E-state index in [1.165, 1.54) is 13.2 Å². The number of methoxy groups -OCH3 is 1. The molecule has 1 heterocycles. The Hall–Kier alpha value is -1.88. The average molecular weight is 321 g/mol. The molecule has 3 aromatic rings. The number of halogens is 2. The van der Waals surface area contributed by atoms with Gasteiger partial charge in [-0.3, -0.25) is 0 Å². The summed E-state index contributed by atoms with van der Waals surface area (Å²) in [5.41, 5.74) is 1.57. The molecule has 1 aromatic heterocycles. The Morgan fingerprint density at radius 1 is 1.26 bits per heavy atom. The second kappa shape index (κ2) is 4.66. The van der Waals surface area contributed by atoms with Gasteiger partial charge >= 0.3 is 0 Å². The predicted molar refractivity (Wildman–Crippen MR) is 75.3 cm³/mol. The third-order valence-corrected chi connectivity index (χ3v) is 3.63. The first-order valence-corrected chi connectivity index (χ1v) is 6.46. The molecule has 0 saturated heterocycles. The highest BCUT2D eigenvalue weighted by molar-refractivity contribution is 9.10. The SMILES string of the molecule is COc1ccc(-n2ncc3c(Br)cccc32)cc1F. The minimum atomic E-state index is -0.404. The van der Waals surface area contributed by atoms with E-state index in [-0.39, 0.29) is 5.75 Å². The van der Waals surface area contributed by atoms with Gasteiger partial charge in [-0.1, -0.05) is 22.0 Å². The number of nitrogens with zero attached hydrogens (tertiary/aromatic N) is 2. The monoisotopic (exact) mass is 320 g/mol. The molecular weight excluding hydrogens is 311 g/mol. The molecule has 0 saturated carbocycles. The Morgan fingerprint density at radius 2 is 2.11 bits per heavy atom. The molecule has 3 rings (SSSR count). The van der Waals surface area contributed by atoms with Crippen LogP contribution in [0.2, 0.25) is 0 Å². The van der Waals surface area contributed by atoms with Gasteiger partial charge in [-0.2, -0.15) is 5.10 Å². The van der Waals surface area contributed by atoms with Crippen molar-refractivity contribution in [2.75, 3.05) is 7.11 Å². The van der Waals surface area contributed by atoms with Gasteiger partial charge < -0.3 is 4.74 Å². The van der Waals surface area contributed by atoms with Crippen molar-refractivity contribution in [1.82, 2.24) is 9.78 Å². The van der Waals surface area contributed by atoms with E-state index in [1.54, 1.807) is 23.0 Å². The first-order chi connectivity index (χ1) is 9.20. The van der Waals surface area contributed by atoms with Crippen LogP contribution in [0.3, 0.4) is 0 Å². The minimum absolute atomic E-state index is 0.224. The maximum absolute atomic E-state index is 13.7. The van der Waals surface area contributed by atoms with Crippen LogP contribution in [0.15, 0.2) is 47.1 Å². The van der Waals surface area contributed by atoms with Crippen LogP contribution in [0.1, 0.15) is 0 Å². The van der Waals surface area contributed by atoms with E-state index in [9.17, 15) is 4.39 Å². The van der Waals surface area contributed by atoms with Crippen molar-refractivity contribution in [3.63, 3.8) is 0 Å². The van der Waals surface area contributed by atoms with Gasteiger partial charge in [0, 0.05) is 15.9 Å². The molecule has 0 amide bonds. The zero-order valence-corrected chi connectivity index (χ0v) is 11.7. The second-order valence-corrected chi connectivity index (χ2v) is 4.90. The van der Waals surface area contributed by atoms with E-state index in [0.717, 1.165) is 15.4 Å². The van der Waals surface area contributed by atoms with Crippen LogP contribution < -0.4 is 4.74 Å². The normalized spacial score (nSPS) is 10.9. The summed E-state index contributed by atoms with van der Waals surface area (Å²) in [5, 5.41) is 5.29. The van der Waals surface area contributed by atoms with Crippen molar-refractivity contribution < 1.29 is 9.13 Å². The van der Waals surface area contributed by atoms with Crippen molar-refractivity contribution in [3.05, 3.63) is 52.9 Å². The molecule has 0 spiro atoms. The van der Waals surface area contributed by atoms with Crippen molar-refractivity contribution in [3.8, 4) is 11.4 Å². The molecule has 0 fully saturated rings. The molecule has 0 aliphatic rings. The Kier molecular flexibility index (Phi) is 2.98. The largest absolute Gasteiger partial charge is 0.494 e. The van der Waals surface area contributed by atoms with Crippen LogP contribution in [-0.4, -0.2) is 16.9 Å². The van der Waals surface area contributed by atoms with Gasteiger partial charge in [0.2, 0.25) is 0 Å². The summed E-state index contributed by atoms with van der Waals surface area (Å²) in [4.78, 5) is 0. The Morgan fingerprint density at radius 3 is 2.84 bits per heavy atom. The lowest BCUT2D eigenvalue weighted by Crippen LogP contribution is -1.97. The van der Waals surface area contributed by atoms with Crippen LogP contribution in [0.25, 0.3) is 16.6 Å². The number of rotatable bonds is 2. The number of ether oxygens (including phenoxy) is 1. The van der Waals surface area contributed by atoms with E-state index in [1.807, 2.05) is 18.2 Å². The van der Waals surface area contributed by atoms with Gasteiger partial charge in [0.15, 0.2) is 11.6 Å². The van der Waals surface area contributed by atoms with E-state index in [2.05, 4.69) is 21.0 Å². The fourth-order valence-electron chi connectivity index (χ4n) is 2.01. The topological polar surface area (TPSA) is 27.1 Å². The van der Waals surface area contributed by atoms with E-state index in [0.29, 0.717) is 5.69 Å². The molecule has 0 unspecified atom stereocenters. The van der Waals surface area contributed by atoms with Crippen molar-refractivity contribution >= 4 is 26.8 Å². The summed E-state index contributed by atoms with van der Waals surface area (Å²) >= 11 is 3.47. The maximum atomic E-state index is 13.7. The third kappa shape index (κ3) is 2.00. The first kappa shape index (κ1) is 12.2. The van der Waals surface area contributed by atoms with Gasteiger partial charge in [0.1, 0.15) is 0 Å². The molecular formula is C14H10BrFN2O. The first-order valence-electron chi connectivity index (χ1n) is 5.67. The fraction of sp³-hybridized carbons (Fsp3) is 0.0714. The lowest BCUT2D eigenvalue weighted by atomic mass is 10.2. The number of hydrogen-bond donors (Lipinski definition) is 0. The second-order valence-electron chi connectivity index (χ2n) is 4.05. The van der Waals surface area contributed by atoms with Crippen LogP contribution in [0, 0.1) is 5.82 Å². The number of fused-ring (bicyclic) bond motifs is 1. The maximum Gasteiger partial charge on any atom is 0.167 e. The Balaban J connectivity index is 2.19. The molecule has 0 N–H and O–H groups in total. The highest BCUT2D eigenvalue weighted by Gasteiger charge is 2.09. The quantitative estimate of drug-likeness (QED) is 0.715. The minimum Gasteiger partial charge on any atom is -0.494 e. The van der Waals surface area contributed by atoms with Gasteiger partial charge in [-0.25, -0.2) is 9.07 Å². The van der Waals surface area contributed by atoms with Crippen LogP contribution in [0.4, 0.5) is 4.39 Å². The smallest absolute Gasteiger partial charge is 0.167 e. The summed E-state index contributed by atoms with van der Waals surface area (Å²) in [6.45, 7) is 0. The summed E-state index contributed by atoms with van der Waals surface area (Å²) in [6, 6.07) is 10.6. The summed E-state index contributed by atoms with van der Waals surface area (Å²) < 4.78 is 21.3. The molecule has 0 aliphatic carbocycles. The molecule has 3 nitrogen and oxygen atoms in total. The summed E-state index contributed by atoms with van der Waals surface area (Å²) in [5.74, 6) is -0.181. The molecule has 5 heteroatoms. The van der Waals surface area contributed by atoms with Gasteiger partial charge in [-0.15, -0.1) is 0 Å². The summed E-state index contributed by atoms with van der Waals surface area (Å²) in [7, 11) is 1.44. The van der Waals surface area contributed by atoms with Crippen LogP contribution in [-0.2, 0) is 0 Å². The van der Waals surface area contributed by atoms with E-state index in [4.69, 9.17) is 4.74 Å². The molecule has 96 valence electrons. The van der Waals surface area contributed by atoms with Gasteiger partial charge in [0.05, 0.1) is 24.5 Å². The predicted octanol–water partition coefficient (Wildman–Crippen LogP) is 3.94. The molecule has 2 aromatic carbocycles. The summed E-state index contributed by atoms with van der Waals surface area (Å²) in [6.07, 6.45) is 1.75. The third-order valence-electron chi connectivity index (χ3n) is 2.94. The standard InChI is InChI=1S/C14H10BrFN2O/c1-19-14-6-5-9(7-12(14)16)18-13-4-2-3-11(15)10(13)8-17-18/h2-8H,1H3. The van der Waals surface area contributed by atoms with Crippen molar-refractivity contribution in [2.45, 2.75) is 0 Å². The molecule has 0 radical (unpaired) electrons.